The van der Waals surface area contributed by atoms with Crippen LogP contribution in [0, 0.1) is 0 Å². The monoisotopic (exact) mass is 421 g/mol. The molecule has 0 aliphatic heterocycles. The highest BCUT2D eigenvalue weighted by Crippen LogP contribution is 2.31. The van der Waals surface area contributed by atoms with Gasteiger partial charge in [-0.05, 0) is 43.3 Å². The number of aromatic nitrogens is 2. The van der Waals surface area contributed by atoms with Gasteiger partial charge in [-0.3, -0.25) is 9.29 Å². The lowest BCUT2D eigenvalue weighted by Gasteiger charge is -2.09. The van der Waals surface area contributed by atoms with Crippen LogP contribution < -0.4 is 10.5 Å². The molecule has 0 amide bonds. The normalized spacial score (nSPS) is 12.2. The van der Waals surface area contributed by atoms with E-state index in [0.717, 1.165) is 28.4 Å². The number of fused-ring (bicyclic) bond motifs is 4. The van der Waals surface area contributed by atoms with E-state index in [2.05, 4.69) is 22.3 Å². The van der Waals surface area contributed by atoms with Gasteiger partial charge in [0, 0.05) is 47.2 Å². The van der Waals surface area contributed by atoms with E-state index in [1.54, 1.807) is 19.2 Å². The zero-order valence-electron chi connectivity index (χ0n) is 16.4. The lowest BCUT2D eigenvalue weighted by atomic mass is 10.1. The van der Waals surface area contributed by atoms with Gasteiger partial charge in [-0.1, -0.05) is 18.2 Å². The van der Waals surface area contributed by atoms with E-state index in [1.807, 2.05) is 30.3 Å². The number of hydrogen-bond acceptors (Lipinski definition) is 4. The van der Waals surface area contributed by atoms with Crippen LogP contribution in [0.5, 0.6) is 0 Å². The van der Waals surface area contributed by atoms with Gasteiger partial charge in [-0.2, -0.15) is 0 Å². The minimum atomic E-state index is -3.86. The van der Waals surface area contributed by atoms with Crippen LogP contribution in [0.3, 0.4) is 0 Å². The molecule has 2 aromatic heterocycles. The maximum atomic E-state index is 13.0. The van der Waals surface area contributed by atoms with Crippen LogP contribution in [-0.2, 0) is 23.6 Å². The lowest BCUT2D eigenvalue weighted by Crippen LogP contribution is -2.13. The molecule has 5 rings (SSSR count). The molecule has 0 aliphatic carbocycles. The van der Waals surface area contributed by atoms with Crippen LogP contribution in [0.15, 0.2) is 74.8 Å². The van der Waals surface area contributed by atoms with Crippen LogP contribution in [0.2, 0.25) is 0 Å². The maximum Gasteiger partial charge on any atom is 0.419 e. The number of aryl methyl sites for hydroxylation is 2. The molecule has 7 nitrogen and oxygen atoms in total. The van der Waals surface area contributed by atoms with Crippen molar-refractivity contribution in [3.63, 3.8) is 0 Å². The summed E-state index contributed by atoms with van der Waals surface area (Å²) in [4.78, 5) is 11.7. The fourth-order valence-corrected chi connectivity index (χ4v) is 5.02. The summed E-state index contributed by atoms with van der Waals surface area (Å²) >= 11 is 0. The Labute approximate surface area is 172 Å². The number of anilines is 1. The van der Waals surface area contributed by atoms with Crippen molar-refractivity contribution in [2.45, 2.75) is 18.4 Å². The summed E-state index contributed by atoms with van der Waals surface area (Å²) in [7, 11) is -2.29. The lowest BCUT2D eigenvalue weighted by molar-refractivity contribution is 0.527. The van der Waals surface area contributed by atoms with Gasteiger partial charge in [0.15, 0.2) is 5.58 Å². The third-order valence-electron chi connectivity index (χ3n) is 5.41. The van der Waals surface area contributed by atoms with Gasteiger partial charge in [0.05, 0.1) is 10.4 Å². The smallest absolute Gasteiger partial charge is 0.408 e. The van der Waals surface area contributed by atoms with Crippen molar-refractivity contribution >= 4 is 48.6 Å². The maximum absolute atomic E-state index is 13.0. The van der Waals surface area contributed by atoms with Crippen LogP contribution in [0.25, 0.3) is 32.9 Å². The van der Waals surface area contributed by atoms with Crippen molar-refractivity contribution in [1.29, 1.82) is 0 Å². The number of nitrogens with zero attached hydrogens (tertiary/aromatic N) is 2. The minimum Gasteiger partial charge on any atom is -0.408 e. The average Bonchev–Trinajstić information content (AvgIpc) is 3.21. The molecule has 0 spiro atoms. The van der Waals surface area contributed by atoms with E-state index in [4.69, 9.17) is 4.42 Å². The van der Waals surface area contributed by atoms with Gasteiger partial charge >= 0.3 is 5.76 Å². The zero-order chi connectivity index (χ0) is 21.0. The molecular formula is C22H19N3O4S. The van der Waals surface area contributed by atoms with E-state index in [-0.39, 0.29) is 10.5 Å². The molecule has 152 valence electrons. The molecule has 0 unspecified atom stereocenters. The number of hydrogen-bond donors (Lipinski definition) is 1. The predicted molar refractivity (Wildman–Crippen MR) is 117 cm³/mol. The fraction of sp³-hybridized carbons (Fsp3) is 0.136. The number of sulfonamides is 1. The van der Waals surface area contributed by atoms with Gasteiger partial charge in [-0.25, -0.2) is 13.2 Å². The summed E-state index contributed by atoms with van der Waals surface area (Å²) in [6.07, 6.45) is 0. The molecule has 1 N–H and O–H groups in total. The third kappa shape index (κ3) is 2.72. The Morgan fingerprint density at radius 3 is 2.47 bits per heavy atom. The molecule has 30 heavy (non-hydrogen) atoms. The molecule has 0 saturated carbocycles. The largest absolute Gasteiger partial charge is 0.419 e. The molecule has 0 saturated heterocycles. The Hall–Kier alpha value is -3.52. The first kappa shape index (κ1) is 18.5. The first-order valence-electron chi connectivity index (χ1n) is 9.52. The minimum absolute atomic E-state index is 0.0282. The first-order chi connectivity index (χ1) is 14.4. The van der Waals surface area contributed by atoms with Crippen LogP contribution in [0.4, 0.5) is 5.69 Å². The van der Waals surface area contributed by atoms with Gasteiger partial charge in [0.2, 0.25) is 0 Å². The van der Waals surface area contributed by atoms with Crippen LogP contribution >= 0.6 is 0 Å². The summed E-state index contributed by atoms with van der Waals surface area (Å²) in [5.74, 6) is -0.537. The second kappa shape index (κ2) is 6.50. The standard InChI is InChI=1S/C22H19N3O4S/c1-3-25-18-7-5-4-6-16(18)17-12-14(8-10-19(17)25)23-30(27,28)15-9-11-20-21(13-15)29-22(26)24(20)2/h4-13,23H,3H2,1-2H3. The number of oxazole rings is 1. The van der Waals surface area contributed by atoms with Crippen molar-refractivity contribution in [2.75, 3.05) is 4.72 Å². The first-order valence-corrected chi connectivity index (χ1v) is 11.0. The summed E-state index contributed by atoms with van der Waals surface area (Å²) in [5, 5.41) is 2.06. The Kier molecular flexibility index (Phi) is 4.01. The second-order valence-electron chi connectivity index (χ2n) is 7.16. The molecule has 0 atom stereocenters. The van der Waals surface area contributed by atoms with Gasteiger partial charge in [0.25, 0.3) is 10.0 Å². The number of rotatable bonds is 4. The third-order valence-corrected chi connectivity index (χ3v) is 6.79. The van der Waals surface area contributed by atoms with E-state index in [1.165, 1.54) is 16.7 Å². The molecule has 0 radical (unpaired) electrons. The van der Waals surface area contributed by atoms with E-state index >= 15 is 0 Å². The molecule has 2 heterocycles. The molecule has 0 bridgehead atoms. The van der Waals surface area contributed by atoms with Gasteiger partial charge < -0.3 is 8.98 Å². The molecule has 0 aliphatic rings. The molecule has 8 heteroatoms. The van der Waals surface area contributed by atoms with Crippen LogP contribution in [0.1, 0.15) is 6.92 Å². The molecule has 3 aromatic carbocycles. The Morgan fingerprint density at radius 1 is 0.933 bits per heavy atom. The summed E-state index contributed by atoms with van der Waals surface area (Å²) in [6, 6.07) is 18.0. The van der Waals surface area contributed by atoms with Crippen molar-refractivity contribution < 1.29 is 12.8 Å². The summed E-state index contributed by atoms with van der Waals surface area (Å²) in [6.45, 7) is 2.90. The van der Waals surface area contributed by atoms with Gasteiger partial charge in [0.1, 0.15) is 0 Å². The highest BCUT2D eigenvalue weighted by molar-refractivity contribution is 7.92. The Bertz CT molecular complexity index is 1610. The summed E-state index contributed by atoms with van der Waals surface area (Å²) in [5.41, 5.74) is 3.39. The highest BCUT2D eigenvalue weighted by atomic mass is 32.2. The molecule has 0 fully saturated rings. The van der Waals surface area contributed by atoms with Crippen molar-refractivity contribution in [2.24, 2.45) is 7.05 Å². The average molecular weight is 421 g/mol. The highest BCUT2D eigenvalue weighted by Gasteiger charge is 2.18. The fourth-order valence-electron chi connectivity index (χ4n) is 3.95. The second-order valence-corrected chi connectivity index (χ2v) is 8.84. The molecule has 5 aromatic rings. The summed E-state index contributed by atoms with van der Waals surface area (Å²) < 4.78 is 37.2. The van der Waals surface area contributed by atoms with E-state index in [9.17, 15) is 13.2 Å². The quantitative estimate of drug-likeness (QED) is 0.474. The number of benzene rings is 3. The number of para-hydroxylation sites is 1. The topological polar surface area (TPSA) is 86.2 Å². The predicted octanol–water partition coefficient (Wildman–Crippen LogP) is 4.06. The van der Waals surface area contributed by atoms with Crippen molar-refractivity contribution in [1.82, 2.24) is 9.13 Å². The van der Waals surface area contributed by atoms with E-state index < -0.39 is 15.8 Å². The number of nitrogens with one attached hydrogen (secondary N) is 1. The van der Waals surface area contributed by atoms with E-state index in [0.29, 0.717) is 11.2 Å². The SMILES string of the molecule is CCn1c2ccccc2c2cc(NS(=O)(=O)c3ccc4c(c3)oc(=O)n4C)ccc21. The molecular weight excluding hydrogens is 402 g/mol. The zero-order valence-corrected chi connectivity index (χ0v) is 17.2. The van der Waals surface area contributed by atoms with Gasteiger partial charge in [-0.15, -0.1) is 0 Å². The van der Waals surface area contributed by atoms with Crippen LogP contribution in [-0.4, -0.2) is 17.6 Å². The van der Waals surface area contributed by atoms with Crippen molar-refractivity contribution in [3.8, 4) is 0 Å². The Morgan fingerprint density at radius 2 is 1.67 bits per heavy atom. The van der Waals surface area contributed by atoms with Crippen molar-refractivity contribution in [3.05, 3.63) is 71.2 Å². The Balaban J connectivity index is 1.59.